The highest BCUT2D eigenvalue weighted by Crippen LogP contribution is 2.22. The number of aryl methyl sites for hydroxylation is 1. The molecule has 0 aliphatic heterocycles. The number of benzene rings is 2. The number of rotatable bonds is 8. The van der Waals surface area contributed by atoms with E-state index in [9.17, 15) is 4.79 Å². The van der Waals surface area contributed by atoms with Gasteiger partial charge in [-0.2, -0.15) is 0 Å². The maximum absolute atomic E-state index is 13.4. The maximum atomic E-state index is 13.4. The van der Waals surface area contributed by atoms with Crippen molar-refractivity contribution in [2.75, 3.05) is 32.2 Å². The molecule has 0 saturated carbocycles. The summed E-state index contributed by atoms with van der Waals surface area (Å²) in [6.07, 6.45) is 1.69. The Morgan fingerprint density at radius 1 is 1.18 bits per heavy atom. The minimum atomic E-state index is 0.0345. The highest BCUT2D eigenvalue weighted by molar-refractivity contribution is 5.81. The zero-order valence-electron chi connectivity index (χ0n) is 17.2. The molecule has 148 valence electrons. The monoisotopic (exact) mass is 379 g/mol. The summed E-state index contributed by atoms with van der Waals surface area (Å²) in [5, 5.41) is 0.666. The van der Waals surface area contributed by atoms with Gasteiger partial charge in [0.2, 0.25) is 0 Å². The molecule has 1 heterocycles. The van der Waals surface area contributed by atoms with E-state index < -0.39 is 0 Å². The molecule has 0 saturated heterocycles. The molecule has 2 aromatic carbocycles. The van der Waals surface area contributed by atoms with Crippen molar-refractivity contribution in [3.8, 4) is 0 Å². The summed E-state index contributed by atoms with van der Waals surface area (Å²) in [4.78, 5) is 20.2. The van der Waals surface area contributed by atoms with E-state index in [1.807, 2.05) is 54.9 Å². The molecule has 0 unspecified atom stereocenters. The second-order valence-electron chi connectivity index (χ2n) is 7.20. The van der Waals surface area contributed by atoms with E-state index in [4.69, 9.17) is 9.72 Å². The molecule has 3 rings (SSSR count). The fourth-order valence-electron chi connectivity index (χ4n) is 3.63. The third kappa shape index (κ3) is 4.25. The third-order valence-corrected chi connectivity index (χ3v) is 5.28. The lowest BCUT2D eigenvalue weighted by atomic mass is 10.0. The molecular formula is C23H29N3O2. The Morgan fingerprint density at radius 2 is 1.93 bits per heavy atom. The molecule has 0 aliphatic rings. The lowest BCUT2D eigenvalue weighted by Crippen LogP contribution is -2.29. The normalized spacial score (nSPS) is 12.3. The zero-order valence-corrected chi connectivity index (χ0v) is 17.2. The van der Waals surface area contributed by atoms with Gasteiger partial charge in [0.05, 0.1) is 17.5 Å². The van der Waals surface area contributed by atoms with Crippen LogP contribution < -0.4 is 10.5 Å². The standard InChI is InChI=1S/C23H29N3O2/c1-5-19(15-18-9-7-6-8-10-18)26-17(2)24-22-12-11-20(16-21(22)23(26)27)25(3)13-14-28-4/h6-12,16,19H,5,13-15H2,1-4H3/t19-/m1/s1. The Morgan fingerprint density at radius 3 is 2.61 bits per heavy atom. The average Bonchev–Trinajstić information content (AvgIpc) is 2.71. The molecule has 0 radical (unpaired) electrons. The summed E-state index contributed by atoms with van der Waals surface area (Å²) in [5.41, 5.74) is 3.01. The van der Waals surface area contributed by atoms with Gasteiger partial charge in [-0.05, 0) is 43.5 Å². The van der Waals surface area contributed by atoms with E-state index in [1.54, 1.807) is 7.11 Å². The van der Waals surface area contributed by atoms with Crippen LogP contribution in [0.4, 0.5) is 5.69 Å². The van der Waals surface area contributed by atoms with Gasteiger partial charge in [0.15, 0.2) is 0 Å². The van der Waals surface area contributed by atoms with Crippen molar-refractivity contribution in [3.63, 3.8) is 0 Å². The van der Waals surface area contributed by atoms with E-state index in [2.05, 4.69) is 24.0 Å². The summed E-state index contributed by atoms with van der Waals surface area (Å²) in [7, 11) is 3.70. The smallest absolute Gasteiger partial charge is 0.261 e. The number of fused-ring (bicyclic) bond motifs is 1. The van der Waals surface area contributed by atoms with E-state index in [-0.39, 0.29) is 11.6 Å². The van der Waals surface area contributed by atoms with E-state index in [0.717, 1.165) is 36.4 Å². The molecule has 5 nitrogen and oxygen atoms in total. The fraction of sp³-hybridized carbons (Fsp3) is 0.391. The zero-order chi connectivity index (χ0) is 20.1. The van der Waals surface area contributed by atoms with Crippen LogP contribution in [0.15, 0.2) is 53.3 Å². The molecule has 0 fully saturated rings. The van der Waals surface area contributed by atoms with Gasteiger partial charge in [0.1, 0.15) is 5.82 Å². The van der Waals surface area contributed by atoms with Gasteiger partial charge < -0.3 is 9.64 Å². The Hall–Kier alpha value is -2.66. The third-order valence-electron chi connectivity index (χ3n) is 5.28. The van der Waals surface area contributed by atoms with Crippen LogP contribution in [0.25, 0.3) is 10.9 Å². The second kappa shape index (κ2) is 9.02. The minimum absolute atomic E-state index is 0.0345. The van der Waals surface area contributed by atoms with Gasteiger partial charge in [-0.3, -0.25) is 9.36 Å². The van der Waals surface area contributed by atoms with Crippen LogP contribution in [0, 0.1) is 6.92 Å². The van der Waals surface area contributed by atoms with Crippen LogP contribution in [0.5, 0.6) is 0 Å². The fourth-order valence-corrected chi connectivity index (χ4v) is 3.63. The number of hydrogen-bond acceptors (Lipinski definition) is 4. The van der Waals surface area contributed by atoms with Crippen molar-refractivity contribution in [3.05, 3.63) is 70.3 Å². The van der Waals surface area contributed by atoms with Crippen molar-refractivity contribution in [2.24, 2.45) is 0 Å². The molecule has 0 aliphatic carbocycles. The topological polar surface area (TPSA) is 47.4 Å². The van der Waals surface area contributed by atoms with E-state index in [1.165, 1.54) is 5.56 Å². The molecule has 0 bridgehead atoms. The predicted molar refractivity (Wildman–Crippen MR) is 115 cm³/mol. The highest BCUT2D eigenvalue weighted by atomic mass is 16.5. The summed E-state index contributed by atoms with van der Waals surface area (Å²) in [6, 6.07) is 16.3. The van der Waals surface area contributed by atoms with E-state index >= 15 is 0 Å². The first-order chi connectivity index (χ1) is 13.5. The SMILES string of the molecule is CC[C@H](Cc1ccccc1)n1c(C)nc2ccc(N(C)CCOC)cc2c1=O. The Labute approximate surface area is 166 Å². The summed E-state index contributed by atoms with van der Waals surface area (Å²) < 4.78 is 7.03. The molecule has 3 aromatic rings. The Kier molecular flexibility index (Phi) is 6.47. The minimum Gasteiger partial charge on any atom is -0.383 e. The van der Waals surface area contributed by atoms with Crippen molar-refractivity contribution in [2.45, 2.75) is 32.7 Å². The molecule has 28 heavy (non-hydrogen) atoms. The predicted octanol–water partition coefficient (Wildman–Crippen LogP) is 3.98. The van der Waals surface area contributed by atoms with Crippen LogP contribution in [0.1, 0.15) is 30.8 Å². The first-order valence-electron chi connectivity index (χ1n) is 9.82. The van der Waals surface area contributed by atoms with Gasteiger partial charge in [-0.25, -0.2) is 4.98 Å². The number of likely N-dealkylation sites (N-methyl/N-ethyl adjacent to an activating group) is 1. The summed E-state index contributed by atoms with van der Waals surface area (Å²) in [5.74, 6) is 0.765. The molecule has 0 N–H and O–H groups in total. The van der Waals surface area contributed by atoms with Crippen molar-refractivity contribution in [1.82, 2.24) is 9.55 Å². The Balaban J connectivity index is 2.03. The van der Waals surface area contributed by atoms with Gasteiger partial charge in [-0.1, -0.05) is 37.3 Å². The van der Waals surface area contributed by atoms with Crippen LogP contribution in [-0.4, -0.2) is 36.9 Å². The molecule has 0 spiro atoms. The van der Waals surface area contributed by atoms with Gasteiger partial charge in [-0.15, -0.1) is 0 Å². The largest absolute Gasteiger partial charge is 0.383 e. The van der Waals surface area contributed by atoms with Crippen molar-refractivity contribution >= 4 is 16.6 Å². The number of anilines is 1. The summed E-state index contributed by atoms with van der Waals surface area (Å²) >= 11 is 0. The number of nitrogens with zero attached hydrogens (tertiary/aromatic N) is 3. The number of methoxy groups -OCH3 is 1. The molecule has 1 aromatic heterocycles. The lowest BCUT2D eigenvalue weighted by molar-refractivity contribution is 0.206. The highest BCUT2D eigenvalue weighted by Gasteiger charge is 2.17. The van der Waals surface area contributed by atoms with Crippen molar-refractivity contribution in [1.29, 1.82) is 0 Å². The van der Waals surface area contributed by atoms with Crippen molar-refractivity contribution < 1.29 is 4.74 Å². The number of aromatic nitrogens is 2. The van der Waals surface area contributed by atoms with Crippen LogP contribution in [-0.2, 0) is 11.2 Å². The first kappa shape index (κ1) is 20.1. The average molecular weight is 380 g/mol. The number of hydrogen-bond donors (Lipinski definition) is 0. The first-order valence-corrected chi connectivity index (χ1v) is 9.82. The van der Waals surface area contributed by atoms with E-state index in [0.29, 0.717) is 12.0 Å². The molecule has 1 atom stereocenters. The van der Waals surface area contributed by atoms with Crippen LogP contribution >= 0.6 is 0 Å². The molecule has 0 amide bonds. The van der Waals surface area contributed by atoms with Gasteiger partial charge in [0, 0.05) is 32.4 Å². The number of ether oxygens (including phenoxy) is 1. The second-order valence-corrected chi connectivity index (χ2v) is 7.20. The van der Waals surface area contributed by atoms with Gasteiger partial charge in [0.25, 0.3) is 5.56 Å². The Bertz CT molecular complexity index is 982. The summed E-state index contributed by atoms with van der Waals surface area (Å²) in [6.45, 7) is 5.45. The molecular weight excluding hydrogens is 350 g/mol. The van der Waals surface area contributed by atoms with Gasteiger partial charge >= 0.3 is 0 Å². The maximum Gasteiger partial charge on any atom is 0.261 e. The quantitative estimate of drug-likeness (QED) is 0.594. The van der Waals surface area contributed by atoms with Crippen LogP contribution in [0.2, 0.25) is 0 Å². The lowest BCUT2D eigenvalue weighted by Gasteiger charge is -2.22. The van der Waals surface area contributed by atoms with Crippen LogP contribution in [0.3, 0.4) is 0 Å². The molecule has 5 heteroatoms.